The second-order valence-electron chi connectivity index (χ2n) is 5.87. The fourth-order valence-electron chi connectivity index (χ4n) is 1.95. The monoisotopic (exact) mass is 299 g/mol. The van der Waals surface area contributed by atoms with Crippen LogP contribution in [-0.2, 0) is 0 Å². The van der Waals surface area contributed by atoms with Crippen LogP contribution < -0.4 is 5.32 Å². The number of halogens is 1. The average molecular weight is 300 g/mol. The van der Waals surface area contributed by atoms with E-state index >= 15 is 0 Å². The van der Waals surface area contributed by atoms with Gasteiger partial charge < -0.3 is 5.32 Å². The minimum absolute atomic E-state index is 0.161. The number of rotatable bonds is 7. The van der Waals surface area contributed by atoms with Gasteiger partial charge in [-0.25, -0.2) is 0 Å². The molecule has 0 aliphatic rings. The van der Waals surface area contributed by atoms with E-state index in [-0.39, 0.29) is 5.54 Å². The Hall–Kier alpha value is -0.180. The zero-order valence-corrected chi connectivity index (χ0v) is 14.1. The van der Waals surface area contributed by atoms with E-state index in [9.17, 15) is 0 Å². The molecule has 1 aromatic rings. The Balaban J connectivity index is 2.68. The van der Waals surface area contributed by atoms with Crippen LogP contribution in [0.3, 0.4) is 0 Å². The zero-order chi connectivity index (χ0) is 14.3. The Bertz CT molecular complexity index is 373. The standard InChI is InChI=1S/C16H26ClNS/c1-5-19-10-9-14(12-18-16(2,3)4)13-7-6-8-15(17)11-13/h6-8,11,14,18H,5,9-10,12H2,1-4H3. The zero-order valence-electron chi connectivity index (χ0n) is 12.5. The first-order valence-corrected chi connectivity index (χ1v) is 8.54. The van der Waals surface area contributed by atoms with E-state index in [0.717, 1.165) is 11.6 Å². The van der Waals surface area contributed by atoms with Gasteiger partial charge in [0.2, 0.25) is 0 Å². The average Bonchev–Trinajstić information content (AvgIpc) is 2.32. The summed E-state index contributed by atoms with van der Waals surface area (Å²) < 4.78 is 0. The highest BCUT2D eigenvalue weighted by molar-refractivity contribution is 7.99. The Morgan fingerprint density at radius 2 is 2.05 bits per heavy atom. The van der Waals surface area contributed by atoms with Crippen molar-refractivity contribution in [1.29, 1.82) is 0 Å². The van der Waals surface area contributed by atoms with E-state index in [2.05, 4.69) is 51.2 Å². The summed E-state index contributed by atoms with van der Waals surface area (Å²) in [5.74, 6) is 2.94. The summed E-state index contributed by atoms with van der Waals surface area (Å²) in [7, 11) is 0. The van der Waals surface area contributed by atoms with Gasteiger partial charge in [0.05, 0.1) is 0 Å². The van der Waals surface area contributed by atoms with Crippen molar-refractivity contribution in [2.75, 3.05) is 18.1 Å². The topological polar surface area (TPSA) is 12.0 Å². The van der Waals surface area contributed by atoms with Crippen molar-refractivity contribution in [3.8, 4) is 0 Å². The quantitative estimate of drug-likeness (QED) is 0.715. The van der Waals surface area contributed by atoms with Gasteiger partial charge in [-0.1, -0.05) is 30.7 Å². The SMILES string of the molecule is CCSCCC(CNC(C)(C)C)c1cccc(Cl)c1. The number of hydrogen-bond acceptors (Lipinski definition) is 2. The maximum atomic E-state index is 6.11. The van der Waals surface area contributed by atoms with Gasteiger partial charge in [-0.15, -0.1) is 0 Å². The molecule has 1 nitrogen and oxygen atoms in total. The maximum Gasteiger partial charge on any atom is 0.0408 e. The molecule has 0 spiro atoms. The molecule has 3 heteroatoms. The molecule has 0 saturated heterocycles. The summed E-state index contributed by atoms with van der Waals surface area (Å²) in [6, 6.07) is 8.29. The third-order valence-electron chi connectivity index (χ3n) is 3.01. The van der Waals surface area contributed by atoms with Crippen molar-refractivity contribution in [1.82, 2.24) is 5.32 Å². The number of benzene rings is 1. The van der Waals surface area contributed by atoms with Crippen molar-refractivity contribution in [3.63, 3.8) is 0 Å². The summed E-state index contributed by atoms with van der Waals surface area (Å²) in [6.45, 7) is 9.86. The summed E-state index contributed by atoms with van der Waals surface area (Å²) in [5.41, 5.74) is 1.51. The highest BCUT2D eigenvalue weighted by atomic mass is 35.5. The van der Waals surface area contributed by atoms with Crippen molar-refractivity contribution in [2.45, 2.75) is 45.6 Å². The lowest BCUT2D eigenvalue weighted by Gasteiger charge is -2.25. The Kier molecular flexibility index (Phi) is 7.27. The second-order valence-corrected chi connectivity index (χ2v) is 7.70. The largest absolute Gasteiger partial charge is 0.311 e. The minimum Gasteiger partial charge on any atom is -0.311 e. The molecule has 1 unspecified atom stereocenters. The number of hydrogen-bond donors (Lipinski definition) is 1. The summed E-state index contributed by atoms with van der Waals surface area (Å²) in [6.07, 6.45) is 1.20. The Morgan fingerprint density at radius 3 is 2.63 bits per heavy atom. The normalized spacial score (nSPS) is 13.5. The summed E-state index contributed by atoms with van der Waals surface area (Å²) in [5, 5.41) is 4.45. The molecule has 0 aliphatic heterocycles. The van der Waals surface area contributed by atoms with Crippen LogP contribution in [0.5, 0.6) is 0 Å². The van der Waals surface area contributed by atoms with Crippen molar-refractivity contribution in [2.24, 2.45) is 0 Å². The van der Waals surface area contributed by atoms with E-state index in [1.807, 2.05) is 17.8 Å². The van der Waals surface area contributed by atoms with Gasteiger partial charge in [0.15, 0.2) is 0 Å². The smallest absolute Gasteiger partial charge is 0.0408 e. The first kappa shape index (κ1) is 16.9. The molecule has 108 valence electrons. The van der Waals surface area contributed by atoms with E-state index in [0.29, 0.717) is 5.92 Å². The lowest BCUT2D eigenvalue weighted by molar-refractivity contribution is 0.403. The summed E-state index contributed by atoms with van der Waals surface area (Å²) in [4.78, 5) is 0. The van der Waals surface area contributed by atoms with Crippen molar-refractivity contribution < 1.29 is 0 Å². The predicted molar refractivity (Wildman–Crippen MR) is 89.6 cm³/mol. The van der Waals surface area contributed by atoms with Crippen LogP contribution in [0, 0.1) is 0 Å². The van der Waals surface area contributed by atoms with Crippen molar-refractivity contribution in [3.05, 3.63) is 34.9 Å². The van der Waals surface area contributed by atoms with Crippen LogP contribution in [0.2, 0.25) is 5.02 Å². The molecule has 0 heterocycles. The molecule has 1 aromatic carbocycles. The fourth-order valence-corrected chi connectivity index (χ4v) is 2.89. The van der Waals surface area contributed by atoms with Gasteiger partial charge in [-0.05, 0) is 62.3 Å². The lowest BCUT2D eigenvalue weighted by atomic mass is 9.95. The van der Waals surface area contributed by atoms with Crippen LogP contribution in [0.4, 0.5) is 0 Å². The molecular formula is C16H26ClNS. The molecule has 0 aliphatic carbocycles. The molecule has 19 heavy (non-hydrogen) atoms. The maximum absolute atomic E-state index is 6.11. The first-order valence-electron chi connectivity index (χ1n) is 7.00. The van der Waals surface area contributed by atoms with Gasteiger partial charge in [0.1, 0.15) is 0 Å². The van der Waals surface area contributed by atoms with Gasteiger partial charge in [-0.3, -0.25) is 0 Å². The number of nitrogens with one attached hydrogen (secondary N) is 1. The highest BCUT2D eigenvalue weighted by Crippen LogP contribution is 2.24. The molecule has 0 amide bonds. The molecule has 1 rings (SSSR count). The van der Waals surface area contributed by atoms with E-state index < -0.39 is 0 Å². The third-order valence-corrected chi connectivity index (χ3v) is 4.18. The van der Waals surface area contributed by atoms with Gasteiger partial charge >= 0.3 is 0 Å². The molecule has 0 aromatic heterocycles. The van der Waals surface area contributed by atoms with Crippen LogP contribution in [0.15, 0.2) is 24.3 Å². The van der Waals surface area contributed by atoms with E-state index in [1.54, 1.807) is 0 Å². The molecule has 0 radical (unpaired) electrons. The first-order chi connectivity index (χ1) is 8.92. The van der Waals surface area contributed by atoms with Crippen LogP contribution in [-0.4, -0.2) is 23.6 Å². The second kappa shape index (κ2) is 8.18. The molecule has 0 bridgehead atoms. The Morgan fingerprint density at radius 1 is 1.32 bits per heavy atom. The van der Waals surface area contributed by atoms with Gasteiger partial charge in [0, 0.05) is 17.1 Å². The van der Waals surface area contributed by atoms with Crippen LogP contribution in [0.25, 0.3) is 0 Å². The summed E-state index contributed by atoms with van der Waals surface area (Å²) >= 11 is 8.12. The van der Waals surface area contributed by atoms with E-state index in [4.69, 9.17) is 11.6 Å². The lowest BCUT2D eigenvalue weighted by Crippen LogP contribution is -2.38. The van der Waals surface area contributed by atoms with Gasteiger partial charge in [-0.2, -0.15) is 11.8 Å². The predicted octanol–water partition coefficient (Wildman–Crippen LogP) is 4.95. The minimum atomic E-state index is 0.161. The Labute approximate surface area is 127 Å². The molecule has 0 fully saturated rings. The molecule has 0 saturated carbocycles. The molecule has 1 atom stereocenters. The third kappa shape index (κ3) is 7.24. The van der Waals surface area contributed by atoms with Crippen molar-refractivity contribution >= 4 is 23.4 Å². The van der Waals surface area contributed by atoms with Crippen LogP contribution in [0.1, 0.15) is 45.6 Å². The number of thioether (sulfide) groups is 1. The van der Waals surface area contributed by atoms with Gasteiger partial charge in [0.25, 0.3) is 0 Å². The highest BCUT2D eigenvalue weighted by Gasteiger charge is 2.16. The van der Waals surface area contributed by atoms with E-state index in [1.165, 1.54) is 23.5 Å². The fraction of sp³-hybridized carbons (Fsp3) is 0.625. The van der Waals surface area contributed by atoms with Crippen LogP contribution >= 0.6 is 23.4 Å². The molecule has 1 N–H and O–H groups in total. The molecular weight excluding hydrogens is 274 g/mol.